The maximum atomic E-state index is 13.3. The summed E-state index contributed by atoms with van der Waals surface area (Å²) in [5.74, 6) is -0.555. The van der Waals surface area contributed by atoms with E-state index < -0.39 is 15.9 Å². The average molecular weight is 492 g/mol. The maximum Gasteiger partial charge on any atom is 0.243 e. The highest BCUT2D eigenvalue weighted by Gasteiger charge is 2.33. The first-order valence-electron chi connectivity index (χ1n) is 10.7. The molecule has 0 radical (unpaired) electrons. The largest absolute Gasteiger partial charge is 0.383 e. The average Bonchev–Trinajstić information content (AvgIpc) is 3.24. The van der Waals surface area contributed by atoms with Crippen molar-refractivity contribution >= 4 is 38.6 Å². The monoisotopic (exact) mass is 491 g/mol. The number of rotatable bonds is 8. The lowest BCUT2D eigenvalue weighted by molar-refractivity contribution is -0.126. The molecule has 9 nitrogen and oxygen atoms in total. The molecule has 1 aliphatic heterocycles. The molecule has 4 rings (SSSR count). The minimum atomic E-state index is -3.76. The second kappa shape index (κ2) is 10.2. The Bertz CT molecular complexity index is 1230. The third-order valence-electron chi connectivity index (χ3n) is 5.77. The molecule has 2 aromatic carbocycles. The fraction of sp³-hybridized carbons (Fsp3) is 0.409. The number of amides is 1. The van der Waals surface area contributed by atoms with Crippen molar-refractivity contribution < 1.29 is 17.9 Å². The van der Waals surface area contributed by atoms with Crippen LogP contribution in [-0.4, -0.2) is 60.4 Å². The number of nitrogens with one attached hydrogen (secondary N) is 1. The molecule has 2 heterocycles. The van der Waals surface area contributed by atoms with Crippen LogP contribution in [0.25, 0.3) is 11.0 Å². The van der Waals surface area contributed by atoms with Crippen LogP contribution in [-0.2, 0) is 32.6 Å². The van der Waals surface area contributed by atoms with Gasteiger partial charge in [0.15, 0.2) is 0 Å². The molecule has 1 amide bonds. The number of halogens is 1. The van der Waals surface area contributed by atoms with Gasteiger partial charge < -0.3 is 10.1 Å². The van der Waals surface area contributed by atoms with E-state index in [4.69, 9.17) is 16.3 Å². The second-order valence-corrected chi connectivity index (χ2v) is 10.4. The zero-order chi connectivity index (χ0) is 23.4. The summed E-state index contributed by atoms with van der Waals surface area (Å²) in [7, 11) is -2.16. The summed E-state index contributed by atoms with van der Waals surface area (Å²) in [6, 6.07) is 12.0. The zero-order valence-corrected chi connectivity index (χ0v) is 19.8. The molecule has 176 valence electrons. The Kier molecular flexibility index (Phi) is 7.28. The summed E-state index contributed by atoms with van der Waals surface area (Å²) >= 11 is 5.90. The van der Waals surface area contributed by atoms with Gasteiger partial charge in [-0.1, -0.05) is 28.9 Å². The number of fused-ring (bicyclic) bond motifs is 1. The third kappa shape index (κ3) is 5.35. The molecule has 0 aliphatic carbocycles. The predicted molar refractivity (Wildman–Crippen MR) is 124 cm³/mol. The number of ether oxygens (including phenoxy) is 1. The summed E-state index contributed by atoms with van der Waals surface area (Å²) in [6.07, 6.45) is 1.26. The number of nitrogens with zero attached hydrogens (tertiary/aromatic N) is 4. The highest BCUT2D eigenvalue weighted by atomic mass is 35.5. The zero-order valence-electron chi connectivity index (χ0n) is 18.3. The first kappa shape index (κ1) is 23.6. The Morgan fingerprint density at radius 2 is 2.03 bits per heavy atom. The van der Waals surface area contributed by atoms with Crippen molar-refractivity contribution in [3.05, 3.63) is 53.1 Å². The van der Waals surface area contributed by atoms with Gasteiger partial charge in [-0.05, 0) is 48.7 Å². The van der Waals surface area contributed by atoms with Crippen molar-refractivity contribution in [3.8, 4) is 0 Å². The lowest BCUT2D eigenvalue weighted by atomic mass is 9.99. The van der Waals surface area contributed by atoms with Crippen LogP contribution in [0.5, 0.6) is 0 Å². The van der Waals surface area contributed by atoms with Crippen LogP contribution in [0, 0.1) is 5.92 Å². The van der Waals surface area contributed by atoms with Gasteiger partial charge in [0.05, 0.1) is 29.5 Å². The predicted octanol–water partition coefficient (Wildman–Crippen LogP) is 2.45. The van der Waals surface area contributed by atoms with E-state index >= 15 is 0 Å². The molecule has 1 aliphatic rings. The molecule has 33 heavy (non-hydrogen) atoms. The number of carbonyl (C=O) groups excluding carboxylic acids is 1. The minimum absolute atomic E-state index is 0.146. The molecule has 3 aromatic rings. The fourth-order valence-electron chi connectivity index (χ4n) is 3.91. The molecular formula is C22H26ClN5O4S. The van der Waals surface area contributed by atoms with E-state index in [1.165, 1.54) is 10.4 Å². The van der Waals surface area contributed by atoms with E-state index in [0.29, 0.717) is 49.6 Å². The molecule has 1 fully saturated rings. The molecule has 0 spiro atoms. The maximum absolute atomic E-state index is 13.3. The van der Waals surface area contributed by atoms with Gasteiger partial charge in [0, 0.05) is 31.8 Å². The van der Waals surface area contributed by atoms with Crippen molar-refractivity contribution in [2.24, 2.45) is 5.92 Å². The van der Waals surface area contributed by atoms with E-state index in [1.54, 1.807) is 36.1 Å². The normalized spacial score (nSPS) is 17.3. The molecular weight excluding hydrogens is 466 g/mol. The summed E-state index contributed by atoms with van der Waals surface area (Å²) < 4.78 is 34.7. The van der Waals surface area contributed by atoms with Crippen LogP contribution in [0.3, 0.4) is 0 Å². The highest BCUT2D eigenvalue weighted by Crippen LogP contribution is 2.26. The van der Waals surface area contributed by atoms with Gasteiger partial charge in [-0.3, -0.25) is 4.79 Å². The number of sulfonamides is 1. The SMILES string of the molecule is COCCn1nnc2cc(S(=O)(=O)N3CCCC(C(=O)NCc4ccc(Cl)cc4)C3)ccc21. The van der Waals surface area contributed by atoms with Crippen molar-refractivity contribution in [2.75, 3.05) is 26.8 Å². The second-order valence-electron chi connectivity index (χ2n) is 8.00. The Hall–Kier alpha value is -2.53. The Balaban J connectivity index is 1.44. The summed E-state index contributed by atoms with van der Waals surface area (Å²) in [6.45, 7) is 1.90. The van der Waals surface area contributed by atoms with Gasteiger partial charge in [0.2, 0.25) is 15.9 Å². The molecule has 1 atom stereocenters. The molecule has 1 aromatic heterocycles. The standard InChI is InChI=1S/C22H26ClN5O4S/c1-32-12-11-28-21-9-8-19(13-20(21)25-26-28)33(30,31)27-10-2-3-17(15-27)22(29)24-14-16-4-6-18(23)7-5-16/h4-9,13,17H,2-3,10-12,14-15H2,1H3,(H,24,29). The third-order valence-corrected chi connectivity index (χ3v) is 7.88. The number of hydrogen-bond donors (Lipinski definition) is 1. The van der Waals surface area contributed by atoms with Crippen LogP contribution in [0.4, 0.5) is 0 Å². The molecule has 0 saturated carbocycles. The quantitative estimate of drug-likeness (QED) is 0.518. The summed E-state index contributed by atoms with van der Waals surface area (Å²) in [4.78, 5) is 12.9. The molecule has 1 N–H and O–H groups in total. The fourth-order valence-corrected chi connectivity index (χ4v) is 5.59. The molecule has 1 saturated heterocycles. The van der Waals surface area contributed by atoms with E-state index in [0.717, 1.165) is 11.1 Å². The van der Waals surface area contributed by atoms with Crippen molar-refractivity contribution in [1.29, 1.82) is 0 Å². The van der Waals surface area contributed by atoms with E-state index in [2.05, 4.69) is 15.6 Å². The van der Waals surface area contributed by atoms with Gasteiger partial charge in [0.1, 0.15) is 5.52 Å². The highest BCUT2D eigenvalue weighted by molar-refractivity contribution is 7.89. The van der Waals surface area contributed by atoms with E-state index in [-0.39, 0.29) is 17.3 Å². The van der Waals surface area contributed by atoms with E-state index in [9.17, 15) is 13.2 Å². The van der Waals surface area contributed by atoms with Crippen LogP contribution in [0.1, 0.15) is 18.4 Å². The van der Waals surface area contributed by atoms with Crippen LogP contribution >= 0.6 is 11.6 Å². The number of benzene rings is 2. The molecule has 1 unspecified atom stereocenters. The Morgan fingerprint density at radius 1 is 1.24 bits per heavy atom. The van der Waals surface area contributed by atoms with Crippen molar-refractivity contribution in [3.63, 3.8) is 0 Å². The number of carbonyl (C=O) groups is 1. The summed E-state index contributed by atoms with van der Waals surface area (Å²) in [5.41, 5.74) is 2.17. The van der Waals surface area contributed by atoms with Crippen LogP contribution in [0.15, 0.2) is 47.4 Å². The minimum Gasteiger partial charge on any atom is -0.383 e. The van der Waals surface area contributed by atoms with Gasteiger partial charge in [-0.15, -0.1) is 5.10 Å². The lowest BCUT2D eigenvalue weighted by Crippen LogP contribution is -2.45. The number of aromatic nitrogens is 3. The smallest absolute Gasteiger partial charge is 0.243 e. The van der Waals surface area contributed by atoms with Crippen molar-refractivity contribution in [1.82, 2.24) is 24.6 Å². The number of methoxy groups -OCH3 is 1. The first-order chi connectivity index (χ1) is 15.9. The lowest BCUT2D eigenvalue weighted by Gasteiger charge is -2.31. The van der Waals surface area contributed by atoms with E-state index in [1.807, 2.05) is 12.1 Å². The Morgan fingerprint density at radius 3 is 2.79 bits per heavy atom. The van der Waals surface area contributed by atoms with Crippen molar-refractivity contribution in [2.45, 2.75) is 30.8 Å². The molecule has 11 heteroatoms. The van der Waals surface area contributed by atoms with Crippen LogP contribution in [0.2, 0.25) is 5.02 Å². The van der Waals surface area contributed by atoms with Gasteiger partial charge in [0.25, 0.3) is 0 Å². The first-order valence-corrected chi connectivity index (χ1v) is 12.5. The van der Waals surface area contributed by atoms with Gasteiger partial charge in [-0.25, -0.2) is 13.1 Å². The molecule has 0 bridgehead atoms. The number of hydrogen-bond acceptors (Lipinski definition) is 6. The van der Waals surface area contributed by atoms with Crippen LogP contribution < -0.4 is 5.32 Å². The van der Waals surface area contributed by atoms with Gasteiger partial charge in [-0.2, -0.15) is 4.31 Å². The topological polar surface area (TPSA) is 106 Å². The van der Waals surface area contributed by atoms with Gasteiger partial charge >= 0.3 is 0 Å². The summed E-state index contributed by atoms with van der Waals surface area (Å²) in [5, 5.41) is 11.7. The number of piperidine rings is 1. The Labute approximate surface area is 197 Å².